The van der Waals surface area contributed by atoms with Gasteiger partial charge in [0.25, 0.3) is 0 Å². The fraction of sp³-hybridized carbons (Fsp3) is 0.200. The van der Waals surface area contributed by atoms with Crippen LogP contribution in [0.3, 0.4) is 0 Å². The van der Waals surface area contributed by atoms with Crippen LogP contribution in [-0.2, 0) is 32.0 Å². The minimum atomic E-state index is 0. The molecule has 0 radical (unpaired) electrons. The van der Waals surface area contributed by atoms with Crippen molar-refractivity contribution in [1.82, 2.24) is 0 Å². The van der Waals surface area contributed by atoms with Crippen molar-refractivity contribution < 1.29 is 32.0 Å². The number of hydrogen-bond acceptors (Lipinski definition) is 0. The summed E-state index contributed by atoms with van der Waals surface area (Å²) in [5.41, 5.74) is 1.06. The van der Waals surface area contributed by atoms with E-state index in [1.54, 1.807) is 11.1 Å². The van der Waals surface area contributed by atoms with Crippen LogP contribution in [0.1, 0.15) is 6.92 Å². The SMILES string of the molecule is C=CC(C)=[CH][Ni].[Ni]. The van der Waals surface area contributed by atoms with Crippen LogP contribution in [0.4, 0.5) is 0 Å². The summed E-state index contributed by atoms with van der Waals surface area (Å²) in [5.74, 6) is 0. The predicted octanol–water partition coefficient (Wildman–Crippen LogP) is 1.62. The molecule has 0 saturated carbocycles. The molecule has 0 spiro atoms. The molecule has 0 aliphatic carbocycles. The molecule has 0 aromatic rings. The first-order valence-corrected chi connectivity index (χ1v) is 2.24. The Kier molecular flexibility index (Phi) is 9.65. The molecule has 7 heavy (non-hydrogen) atoms. The minimum Gasteiger partial charge on any atom is 0 e. The first-order valence-electron chi connectivity index (χ1n) is 1.67. The summed E-state index contributed by atoms with van der Waals surface area (Å²) in [6.45, 7) is 5.43. The van der Waals surface area contributed by atoms with Crippen molar-refractivity contribution in [3.05, 3.63) is 23.3 Å². The second-order valence-corrected chi connectivity index (χ2v) is 1.32. The third kappa shape index (κ3) is 6.47. The topological polar surface area (TPSA) is 0 Å². The summed E-state index contributed by atoms with van der Waals surface area (Å²) >= 11 is 4.29. The van der Waals surface area contributed by atoms with Crippen LogP contribution in [0.15, 0.2) is 23.3 Å². The van der Waals surface area contributed by atoms with Gasteiger partial charge in [-0.3, -0.25) is 0 Å². The molecule has 0 saturated heterocycles. The van der Waals surface area contributed by atoms with Crippen molar-refractivity contribution in [2.24, 2.45) is 0 Å². The van der Waals surface area contributed by atoms with Gasteiger partial charge in [-0.2, -0.15) is 0 Å². The van der Waals surface area contributed by atoms with Crippen LogP contribution in [-0.4, -0.2) is 0 Å². The van der Waals surface area contributed by atoms with E-state index < -0.39 is 0 Å². The maximum atomic E-state index is 4.29. The molecule has 0 rings (SSSR count). The molecule has 0 aromatic heterocycles. The van der Waals surface area contributed by atoms with Gasteiger partial charge in [0.15, 0.2) is 0 Å². The average Bonchev–Trinajstić information content (AvgIpc) is 1.65. The average molecular weight is 184 g/mol. The van der Waals surface area contributed by atoms with E-state index >= 15 is 0 Å². The molecule has 0 heterocycles. The Morgan fingerprint density at radius 2 is 2.14 bits per heavy atom. The smallest absolute Gasteiger partial charge is 0 e. The maximum absolute atomic E-state index is 4.29. The normalized spacial score (nSPS) is 9.86. The van der Waals surface area contributed by atoms with E-state index in [4.69, 9.17) is 0 Å². The summed E-state index contributed by atoms with van der Waals surface area (Å²) in [5, 5.41) is 1.65. The summed E-state index contributed by atoms with van der Waals surface area (Å²) in [4.78, 5) is 0. The Morgan fingerprint density at radius 3 is 2.14 bits per heavy atom. The van der Waals surface area contributed by atoms with Gasteiger partial charge in [0.2, 0.25) is 0 Å². The summed E-state index contributed by atoms with van der Waals surface area (Å²) in [6, 6.07) is 0. The minimum absolute atomic E-state index is 0. The van der Waals surface area contributed by atoms with Crippen LogP contribution in [0, 0.1) is 0 Å². The first-order chi connectivity index (χ1) is 2.81. The third-order valence-corrected chi connectivity index (χ3v) is 0.916. The van der Waals surface area contributed by atoms with Gasteiger partial charge < -0.3 is 0 Å². The Morgan fingerprint density at radius 1 is 1.71 bits per heavy atom. The fourth-order valence-electron chi connectivity index (χ4n) is 0.0373. The van der Waals surface area contributed by atoms with Crippen LogP contribution in [0.2, 0.25) is 0 Å². The van der Waals surface area contributed by atoms with E-state index in [0.29, 0.717) is 0 Å². The standard InChI is InChI=1S/C5H7.2Ni/c1-4-5(2)3;;/h2,4H,1H2,3H3;;. The van der Waals surface area contributed by atoms with Gasteiger partial charge >= 0.3 is 45.7 Å². The van der Waals surface area contributed by atoms with Gasteiger partial charge in [-0.15, -0.1) is 0 Å². The Hall–Kier alpha value is 0.467. The molecule has 0 bridgehead atoms. The van der Waals surface area contributed by atoms with Crippen molar-refractivity contribution in [3.63, 3.8) is 0 Å². The van der Waals surface area contributed by atoms with Crippen molar-refractivity contribution in [2.45, 2.75) is 6.92 Å². The van der Waals surface area contributed by atoms with Gasteiger partial charge in [0.1, 0.15) is 0 Å². The van der Waals surface area contributed by atoms with E-state index in [-0.39, 0.29) is 16.5 Å². The zero-order chi connectivity index (χ0) is 4.99. The van der Waals surface area contributed by atoms with Crippen LogP contribution >= 0.6 is 0 Å². The van der Waals surface area contributed by atoms with Gasteiger partial charge in [-0.05, 0) is 0 Å². The van der Waals surface area contributed by atoms with Gasteiger partial charge in [0, 0.05) is 16.5 Å². The number of rotatable bonds is 1. The Labute approximate surface area is 62.4 Å². The number of allylic oxidation sites excluding steroid dienone is 2. The van der Waals surface area contributed by atoms with Crippen LogP contribution < -0.4 is 0 Å². The number of hydrogen-bond donors (Lipinski definition) is 0. The summed E-state index contributed by atoms with van der Waals surface area (Å²) in [7, 11) is 0. The molecule has 2 heteroatoms. The summed E-state index contributed by atoms with van der Waals surface area (Å²) < 4.78 is 0. The van der Waals surface area contributed by atoms with Crippen LogP contribution in [0.5, 0.6) is 0 Å². The molecule has 0 amide bonds. The molecular weight excluding hydrogens is 177 g/mol. The first kappa shape index (κ1) is 10.4. The zero-order valence-corrected chi connectivity index (χ0v) is 5.97. The predicted molar refractivity (Wildman–Crippen MR) is 24.0 cm³/mol. The van der Waals surface area contributed by atoms with Gasteiger partial charge in [0.05, 0.1) is 0 Å². The second kappa shape index (κ2) is 6.47. The molecular formula is C5H7Ni2. The largest absolute Gasteiger partial charge is 0 e. The zero-order valence-electron chi connectivity index (χ0n) is 3.99. The molecule has 0 fully saturated rings. The van der Waals surface area contributed by atoms with E-state index in [0.717, 1.165) is 5.57 Å². The molecule has 0 unspecified atom stereocenters. The van der Waals surface area contributed by atoms with Crippen LogP contribution in [0.25, 0.3) is 0 Å². The monoisotopic (exact) mass is 183 g/mol. The molecule has 0 nitrogen and oxygen atoms in total. The molecule has 0 aromatic carbocycles. The van der Waals surface area contributed by atoms with E-state index in [1.807, 2.05) is 6.92 Å². The Balaban J connectivity index is 0. The molecule has 0 N–H and O–H groups in total. The van der Waals surface area contributed by atoms with Gasteiger partial charge in [-0.1, -0.05) is 0 Å². The van der Waals surface area contributed by atoms with E-state index in [1.165, 1.54) is 0 Å². The maximum Gasteiger partial charge on any atom is 0 e. The molecule has 0 atom stereocenters. The molecule has 0 aliphatic rings. The fourth-order valence-corrected chi connectivity index (χ4v) is 0.154. The van der Waals surface area contributed by atoms with E-state index in [9.17, 15) is 0 Å². The van der Waals surface area contributed by atoms with Gasteiger partial charge in [-0.25, -0.2) is 0 Å². The third-order valence-electron chi connectivity index (χ3n) is 0.466. The van der Waals surface area contributed by atoms with Crippen molar-refractivity contribution in [3.8, 4) is 0 Å². The summed E-state index contributed by atoms with van der Waals surface area (Å²) in [6.07, 6.45) is 1.74. The van der Waals surface area contributed by atoms with Crippen molar-refractivity contribution in [2.75, 3.05) is 0 Å². The second-order valence-electron chi connectivity index (χ2n) is 1.04. The van der Waals surface area contributed by atoms with Crippen molar-refractivity contribution in [1.29, 1.82) is 0 Å². The van der Waals surface area contributed by atoms with E-state index in [2.05, 4.69) is 22.0 Å². The molecule has 47 valence electrons. The Bertz CT molecular complexity index is 74.1. The van der Waals surface area contributed by atoms with Crippen molar-refractivity contribution >= 4 is 0 Å². The quantitative estimate of drug-likeness (QED) is 0.429. The molecule has 0 aliphatic heterocycles.